The molecule has 4 nitrogen and oxygen atoms in total. The summed E-state index contributed by atoms with van der Waals surface area (Å²) in [6.45, 7) is 12.3. The fourth-order valence-electron chi connectivity index (χ4n) is 3.14. The quantitative estimate of drug-likeness (QED) is 0.526. The summed E-state index contributed by atoms with van der Waals surface area (Å²) >= 11 is 0. The second-order valence-corrected chi connectivity index (χ2v) is 8.17. The second-order valence-electron chi connectivity index (χ2n) is 8.17. The Morgan fingerprint density at radius 2 is 1.31 bits per heavy atom. The van der Waals surface area contributed by atoms with Gasteiger partial charge in [0.15, 0.2) is 0 Å². The van der Waals surface area contributed by atoms with Gasteiger partial charge in [0.05, 0.1) is 5.92 Å². The van der Waals surface area contributed by atoms with Crippen LogP contribution in [0.2, 0.25) is 0 Å². The Labute approximate surface area is 161 Å². The van der Waals surface area contributed by atoms with Crippen LogP contribution in [-0.2, 0) is 14.3 Å². The predicted molar refractivity (Wildman–Crippen MR) is 107 cm³/mol. The molecule has 1 N–H and O–H groups in total. The van der Waals surface area contributed by atoms with Gasteiger partial charge in [-0.1, -0.05) is 47.0 Å². The Morgan fingerprint density at radius 1 is 0.846 bits per heavy atom. The Hall–Kier alpha value is -0.900. The van der Waals surface area contributed by atoms with E-state index < -0.39 is 5.97 Å². The number of carbonyl (C=O) groups is 2. The molecular weight excluding hydrogens is 328 g/mol. The van der Waals surface area contributed by atoms with Gasteiger partial charge in [0, 0.05) is 19.1 Å². The van der Waals surface area contributed by atoms with E-state index in [1.54, 1.807) is 6.92 Å². The SMILES string of the molecule is CC(=O)C1CC(C)C1.CC1CC(C(=O)O)C1.CCCCCOCCCC. The molecule has 0 aliphatic heterocycles. The lowest BCUT2D eigenvalue weighted by Gasteiger charge is -2.30. The smallest absolute Gasteiger partial charge is 0.306 e. The summed E-state index contributed by atoms with van der Waals surface area (Å²) in [5.41, 5.74) is 0. The van der Waals surface area contributed by atoms with Gasteiger partial charge in [0.1, 0.15) is 5.78 Å². The summed E-state index contributed by atoms with van der Waals surface area (Å²) in [6, 6.07) is 0. The summed E-state index contributed by atoms with van der Waals surface area (Å²) < 4.78 is 5.38. The third-order valence-corrected chi connectivity index (χ3v) is 5.21. The van der Waals surface area contributed by atoms with Crippen LogP contribution in [0.4, 0.5) is 0 Å². The number of carboxylic acid groups (broad SMARTS) is 1. The standard InChI is InChI=1S/C9H20O.C7H12O.C6H10O2/c1-3-5-7-9-10-8-6-4-2;1-5-3-7(4-5)6(2)8;1-4-2-5(3-4)6(7)8/h3-9H2,1-2H3;5,7H,3-4H2,1-2H3;4-5H,2-3H2,1H3,(H,7,8). The number of ketones is 1. The van der Waals surface area contributed by atoms with E-state index in [-0.39, 0.29) is 5.92 Å². The van der Waals surface area contributed by atoms with E-state index in [4.69, 9.17) is 9.84 Å². The summed E-state index contributed by atoms with van der Waals surface area (Å²) in [4.78, 5) is 20.7. The van der Waals surface area contributed by atoms with Crippen LogP contribution in [0.3, 0.4) is 0 Å². The molecule has 154 valence electrons. The highest BCUT2D eigenvalue weighted by molar-refractivity contribution is 5.79. The van der Waals surface area contributed by atoms with E-state index in [1.807, 2.05) is 0 Å². The van der Waals surface area contributed by atoms with Gasteiger partial charge in [0.25, 0.3) is 0 Å². The average Bonchev–Trinajstić information content (AvgIpc) is 2.53. The fraction of sp³-hybridized carbons (Fsp3) is 0.909. The molecule has 0 atom stereocenters. The van der Waals surface area contributed by atoms with E-state index in [0.29, 0.717) is 17.6 Å². The van der Waals surface area contributed by atoms with Gasteiger partial charge >= 0.3 is 5.97 Å². The maximum atomic E-state index is 10.6. The minimum Gasteiger partial charge on any atom is -0.481 e. The number of carbonyl (C=O) groups excluding carboxylic acids is 1. The molecule has 2 rings (SSSR count). The normalized spacial score (nSPS) is 26.2. The van der Waals surface area contributed by atoms with Crippen LogP contribution in [0.5, 0.6) is 0 Å². The summed E-state index contributed by atoms with van der Waals surface area (Å²) in [6.07, 6.45) is 10.3. The van der Waals surface area contributed by atoms with Gasteiger partial charge in [-0.25, -0.2) is 0 Å². The number of unbranched alkanes of at least 4 members (excludes halogenated alkanes) is 3. The first-order valence-corrected chi connectivity index (χ1v) is 10.6. The predicted octanol–water partition coefficient (Wildman–Crippen LogP) is 5.73. The van der Waals surface area contributed by atoms with Crippen LogP contribution in [0.15, 0.2) is 0 Å². The molecule has 0 aromatic carbocycles. The van der Waals surface area contributed by atoms with Crippen LogP contribution in [0.1, 0.15) is 92.4 Å². The third-order valence-electron chi connectivity index (χ3n) is 5.21. The first-order chi connectivity index (χ1) is 12.3. The lowest BCUT2D eigenvalue weighted by Crippen LogP contribution is -2.28. The number of rotatable bonds is 9. The Balaban J connectivity index is 0.000000363. The molecular formula is C22H42O4. The topological polar surface area (TPSA) is 63.6 Å². The lowest BCUT2D eigenvalue weighted by molar-refractivity contribution is -0.146. The number of hydrogen-bond donors (Lipinski definition) is 1. The number of ether oxygens (including phenoxy) is 1. The van der Waals surface area contributed by atoms with Crippen molar-refractivity contribution in [1.29, 1.82) is 0 Å². The molecule has 2 saturated carbocycles. The summed E-state index contributed by atoms with van der Waals surface area (Å²) in [5.74, 6) is 1.61. The van der Waals surface area contributed by atoms with Crippen LogP contribution >= 0.6 is 0 Å². The molecule has 0 spiro atoms. The number of hydrogen-bond acceptors (Lipinski definition) is 3. The number of aliphatic carboxylic acids is 1. The van der Waals surface area contributed by atoms with E-state index in [0.717, 1.165) is 44.8 Å². The zero-order valence-corrected chi connectivity index (χ0v) is 17.8. The fourth-order valence-corrected chi connectivity index (χ4v) is 3.14. The van der Waals surface area contributed by atoms with Gasteiger partial charge in [-0.05, 0) is 57.3 Å². The van der Waals surface area contributed by atoms with Crippen molar-refractivity contribution >= 4 is 11.8 Å². The van der Waals surface area contributed by atoms with Gasteiger partial charge in [-0.2, -0.15) is 0 Å². The molecule has 26 heavy (non-hydrogen) atoms. The highest BCUT2D eigenvalue weighted by atomic mass is 16.5. The van der Waals surface area contributed by atoms with Gasteiger partial charge in [0.2, 0.25) is 0 Å². The summed E-state index contributed by atoms with van der Waals surface area (Å²) in [7, 11) is 0. The molecule has 0 unspecified atom stereocenters. The van der Waals surface area contributed by atoms with Crippen molar-refractivity contribution in [2.24, 2.45) is 23.7 Å². The van der Waals surface area contributed by atoms with Crippen molar-refractivity contribution in [3.8, 4) is 0 Å². The average molecular weight is 371 g/mol. The van der Waals surface area contributed by atoms with Crippen molar-refractivity contribution < 1.29 is 19.4 Å². The Morgan fingerprint density at radius 3 is 1.62 bits per heavy atom. The van der Waals surface area contributed by atoms with Crippen molar-refractivity contribution in [2.75, 3.05) is 13.2 Å². The van der Waals surface area contributed by atoms with Crippen molar-refractivity contribution in [3.63, 3.8) is 0 Å². The van der Waals surface area contributed by atoms with Gasteiger partial charge in [-0.3, -0.25) is 9.59 Å². The molecule has 0 aromatic heterocycles. The maximum absolute atomic E-state index is 10.6. The van der Waals surface area contributed by atoms with E-state index in [1.165, 1.54) is 32.1 Å². The minimum atomic E-state index is -0.622. The van der Waals surface area contributed by atoms with Gasteiger partial charge < -0.3 is 9.84 Å². The lowest BCUT2D eigenvalue weighted by atomic mass is 9.74. The Kier molecular flexibility index (Phi) is 14.7. The highest BCUT2D eigenvalue weighted by Crippen LogP contribution is 2.33. The first-order valence-electron chi connectivity index (χ1n) is 10.6. The number of carboxylic acids is 1. The molecule has 0 amide bonds. The maximum Gasteiger partial charge on any atom is 0.306 e. The molecule has 0 heterocycles. The molecule has 4 heteroatoms. The molecule has 0 bridgehead atoms. The van der Waals surface area contributed by atoms with Crippen LogP contribution < -0.4 is 0 Å². The monoisotopic (exact) mass is 370 g/mol. The van der Waals surface area contributed by atoms with Crippen LogP contribution in [0, 0.1) is 23.7 Å². The van der Waals surface area contributed by atoms with Crippen LogP contribution in [0.25, 0.3) is 0 Å². The molecule has 0 radical (unpaired) electrons. The second kappa shape index (κ2) is 15.2. The van der Waals surface area contributed by atoms with Crippen molar-refractivity contribution in [2.45, 2.75) is 92.4 Å². The van der Waals surface area contributed by atoms with Crippen molar-refractivity contribution in [1.82, 2.24) is 0 Å². The van der Waals surface area contributed by atoms with E-state index in [2.05, 4.69) is 27.7 Å². The molecule has 0 saturated heterocycles. The zero-order chi connectivity index (χ0) is 19.9. The van der Waals surface area contributed by atoms with E-state index in [9.17, 15) is 9.59 Å². The first kappa shape index (κ1) is 25.1. The zero-order valence-electron chi connectivity index (χ0n) is 17.8. The third kappa shape index (κ3) is 12.5. The number of Topliss-reactive ketones (excluding diaryl/α,β-unsaturated/α-hetero) is 1. The Bertz CT molecular complexity index is 332. The molecule has 2 aliphatic rings. The van der Waals surface area contributed by atoms with Crippen molar-refractivity contribution in [3.05, 3.63) is 0 Å². The molecule has 0 aromatic rings. The highest BCUT2D eigenvalue weighted by Gasteiger charge is 2.30. The van der Waals surface area contributed by atoms with Crippen LogP contribution in [-0.4, -0.2) is 30.1 Å². The largest absolute Gasteiger partial charge is 0.481 e. The summed E-state index contributed by atoms with van der Waals surface area (Å²) in [5, 5.41) is 8.35. The van der Waals surface area contributed by atoms with E-state index >= 15 is 0 Å². The van der Waals surface area contributed by atoms with Gasteiger partial charge in [-0.15, -0.1) is 0 Å². The molecule has 2 fully saturated rings. The minimum absolute atomic E-state index is 0.0231. The molecule has 2 aliphatic carbocycles.